The highest BCUT2D eigenvalue weighted by atomic mass is 32.2. The van der Waals surface area contributed by atoms with Gasteiger partial charge in [-0.2, -0.15) is 11.8 Å². The number of rotatable bonds is 3. The Kier molecular flexibility index (Phi) is 5.43. The molecule has 4 heterocycles. The van der Waals surface area contributed by atoms with E-state index in [4.69, 9.17) is 0 Å². The van der Waals surface area contributed by atoms with Crippen LogP contribution in [0.15, 0.2) is 42.6 Å². The lowest BCUT2D eigenvalue weighted by molar-refractivity contribution is -0.384. The minimum atomic E-state index is -0.357. The molecule has 31 heavy (non-hydrogen) atoms. The van der Waals surface area contributed by atoms with Gasteiger partial charge in [-0.15, -0.1) is 0 Å². The van der Waals surface area contributed by atoms with E-state index in [0.29, 0.717) is 13.0 Å². The number of hydrogen-bond acceptors (Lipinski definition) is 7. The number of pyridine rings is 1. The number of carbonyl (C=O) groups is 1. The molecule has 2 atom stereocenters. The summed E-state index contributed by atoms with van der Waals surface area (Å²) in [7, 11) is 0. The molecule has 8 nitrogen and oxygen atoms in total. The second-order valence-electron chi connectivity index (χ2n) is 8.21. The van der Waals surface area contributed by atoms with E-state index in [-0.39, 0.29) is 28.5 Å². The number of non-ortho nitro benzene ring substituents is 1. The molecule has 2 aromatic rings. The maximum absolute atomic E-state index is 13.6. The fraction of sp³-hybridized carbons (Fsp3) is 0.455. The number of aromatic nitrogens is 1. The van der Waals surface area contributed by atoms with E-state index in [0.717, 1.165) is 54.8 Å². The highest BCUT2D eigenvalue weighted by Crippen LogP contribution is 2.39. The summed E-state index contributed by atoms with van der Waals surface area (Å²) in [4.78, 5) is 35.6. The summed E-state index contributed by atoms with van der Waals surface area (Å²) in [6.07, 6.45) is 2.34. The number of nitro benzene ring substituents is 1. The molecule has 3 aliphatic rings. The SMILES string of the molecule is O=C([C@@H]1Cc2cc([N+](=O)[O-])ccc2N2CCN(c3ccccn3)C[C@H]12)N1CCSCC1. The molecule has 2 saturated heterocycles. The lowest BCUT2D eigenvalue weighted by Gasteiger charge is -2.50. The van der Waals surface area contributed by atoms with Gasteiger partial charge in [-0.3, -0.25) is 14.9 Å². The molecule has 0 unspecified atom stereocenters. The zero-order chi connectivity index (χ0) is 21.4. The van der Waals surface area contributed by atoms with E-state index in [1.165, 1.54) is 0 Å². The van der Waals surface area contributed by atoms with Crippen molar-refractivity contribution in [1.82, 2.24) is 9.88 Å². The van der Waals surface area contributed by atoms with Crippen molar-refractivity contribution >= 4 is 34.9 Å². The standard InChI is InChI=1S/C22H25N5O3S/c28-22(24-9-11-31-12-10-24)18-14-16-13-17(27(29)30)4-5-19(16)26-8-7-25(15-20(18)26)21-3-1-2-6-23-21/h1-6,13,18,20H,7-12,14-15H2/t18-,20-/m1/s1. The summed E-state index contributed by atoms with van der Waals surface area (Å²) in [5.41, 5.74) is 2.01. The van der Waals surface area contributed by atoms with Crippen molar-refractivity contribution in [3.63, 3.8) is 0 Å². The Balaban J connectivity index is 1.49. The van der Waals surface area contributed by atoms with Gasteiger partial charge in [0.15, 0.2) is 0 Å². The first-order chi connectivity index (χ1) is 15.1. The second kappa shape index (κ2) is 8.37. The van der Waals surface area contributed by atoms with Gasteiger partial charge in [-0.05, 0) is 30.2 Å². The Labute approximate surface area is 185 Å². The maximum atomic E-state index is 13.6. The number of nitro groups is 1. The highest BCUT2D eigenvalue weighted by molar-refractivity contribution is 7.99. The van der Waals surface area contributed by atoms with E-state index >= 15 is 0 Å². The number of thioether (sulfide) groups is 1. The smallest absolute Gasteiger partial charge is 0.269 e. The predicted molar refractivity (Wildman–Crippen MR) is 122 cm³/mol. The van der Waals surface area contributed by atoms with Gasteiger partial charge in [0.25, 0.3) is 5.69 Å². The number of benzene rings is 1. The molecule has 1 aromatic heterocycles. The number of amides is 1. The summed E-state index contributed by atoms with van der Waals surface area (Å²) in [5.74, 6) is 2.82. The normalized spacial score (nSPS) is 23.2. The van der Waals surface area contributed by atoms with Crippen LogP contribution < -0.4 is 9.80 Å². The van der Waals surface area contributed by atoms with Crippen LogP contribution in [0.1, 0.15) is 5.56 Å². The average Bonchev–Trinajstić information content (AvgIpc) is 2.83. The van der Waals surface area contributed by atoms with E-state index < -0.39 is 0 Å². The summed E-state index contributed by atoms with van der Waals surface area (Å²) >= 11 is 1.88. The quantitative estimate of drug-likeness (QED) is 0.537. The van der Waals surface area contributed by atoms with Crippen molar-refractivity contribution in [2.45, 2.75) is 12.5 Å². The van der Waals surface area contributed by atoms with Gasteiger partial charge in [-0.1, -0.05) is 6.07 Å². The summed E-state index contributed by atoms with van der Waals surface area (Å²) in [6.45, 7) is 3.82. The molecule has 0 saturated carbocycles. The number of carbonyl (C=O) groups excluding carboxylic acids is 1. The molecule has 0 spiro atoms. The number of nitrogens with zero attached hydrogens (tertiary/aromatic N) is 5. The minimum absolute atomic E-state index is 0.0202. The van der Waals surface area contributed by atoms with Crippen LogP contribution in [-0.2, 0) is 11.2 Å². The zero-order valence-electron chi connectivity index (χ0n) is 17.2. The summed E-state index contributed by atoms with van der Waals surface area (Å²) < 4.78 is 0. The maximum Gasteiger partial charge on any atom is 0.269 e. The van der Waals surface area contributed by atoms with Crippen molar-refractivity contribution in [1.29, 1.82) is 0 Å². The first-order valence-corrected chi connectivity index (χ1v) is 11.8. The molecule has 5 rings (SSSR count). The van der Waals surface area contributed by atoms with E-state index in [2.05, 4.69) is 14.8 Å². The Hall–Kier alpha value is -2.81. The van der Waals surface area contributed by atoms with Crippen LogP contribution in [-0.4, -0.2) is 71.0 Å². The fourth-order valence-corrected chi connectivity index (χ4v) is 5.88. The van der Waals surface area contributed by atoms with Crippen LogP contribution in [0.3, 0.4) is 0 Å². The van der Waals surface area contributed by atoms with Crippen LogP contribution in [0.4, 0.5) is 17.2 Å². The molecule has 1 aromatic carbocycles. The summed E-state index contributed by atoms with van der Waals surface area (Å²) in [6, 6.07) is 11.0. The lowest BCUT2D eigenvalue weighted by Crippen LogP contribution is -2.62. The summed E-state index contributed by atoms with van der Waals surface area (Å²) in [5, 5.41) is 11.3. The molecule has 0 radical (unpaired) electrons. The molecule has 0 bridgehead atoms. The number of piperazine rings is 1. The topological polar surface area (TPSA) is 82.8 Å². The van der Waals surface area contributed by atoms with Crippen molar-refractivity contribution in [3.05, 3.63) is 58.3 Å². The van der Waals surface area contributed by atoms with Gasteiger partial charge >= 0.3 is 0 Å². The largest absolute Gasteiger partial charge is 0.364 e. The van der Waals surface area contributed by atoms with Crippen molar-refractivity contribution in [2.75, 3.05) is 54.0 Å². The van der Waals surface area contributed by atoms with Crippen LogP contribution in [0.2, 0.25) is 0 Å². The van der Waals surface area contributed by atoms with Gasteiger partial charge < -0.3 is 14.7 Å². The Morgan fingerprint density at radius 3 is 2.71 bits per heavy atom. The molecule has 0 aliphatic carbocycles. The zero-order valence-corrected chi connectivity index (χ0v) is 18.0. The molecule has 1 amide bonds. The Morgan fingerprint density at radius 2 is 1.97 bits per heavy atom. The van der Waals surface area contributed by atoms with Crippen molar-refractivity contribution in [3.8, 4) is 0 Å². The highest BCUT2D eigenvalue weighted by Gasteiger charge is 2.43. The van der Waals surface area contributed by atoms with Gasteiger partial charge in [0, 0.05) is 68.2 Å². The molecular formula is C22H25N5O3S. The second-order valence-corrected chi connectivity index (χ2v) is 9.44. The first-order valence-electron chi connectivity index (χ1n) is 10.7. The molecule has 9 heteroatoms. The Bertz CT molecular complexity index is 982. The minimum Gasteiger partial charge on any atom is -0.364 e. The molecule has 2 fully saturated rings. The number of hydrogen-bond donors (Lipinski definition) is 0. The number of fused-ring (bicyclic) bond motifs is 3. The van der Waals surface area contributed by atoms with Gasteiger partial charge in [0.2, 0.25) is 5.91 Å². The average molecular weight is 440 g/mol. The van der Waals surface area contributed by atoms with Gasteiger partial charge in [-0.25, -0.2) is 4.98 Å². The fourth-order valence-electron chi connectivity index (χ4n) is 4.97. The third kappa shape index (κ3) is 3.82. The van der Waals surface area contributed by atoms with Crippen molar-refractivity contribution < 1.29 is 9.72 Å². The van der Waals surface area contributed by atoms with E-state index in [1.807, 2.05) is 40.9 Å². The molecule has 162 valence electrons. The van der Waals surface area contributed by atoms with Crippen LogP contribution in [0, 0.1) is 16.0 Å². The molecular weight excluding hydrogens is 414 g/mol. The predicted octanol–water partition coefficient (Wildman–Crippen LogP) is 2.43. The molecule has 0 N–H and O–H groups in total. The first kappa shape index (κ1) is 20.1. The lowest BCUT2D eigenvalue weighted by atomic mass is 9.82. The molecule has 3 aliphatic heterocycles. The third-order valence-electron chi connectivity index (χ3n) is 6.52. The van der Waals surface area contributed by atoms with Crippen LogP contribution in [0.25, 0.3) is 0 Å². The number of anilines is 2. The van der Waals surface area contributed by atoms with Gasteiger partial charge in [0.05, 0.1) is 16.9 Å². The third-order valence-corrected chi connectivity index (χ3v) is 7.46. The van der Waals surface area contributed by atoms with E-state index in [1.54, 1.807) is 18.3 Å². The Morgan fingerprint density at radius 1 is 1.13 bits per heavy atom. The van der Waals surface area contributed by atoms with Crippen LogP contribution in [0.5, 0.6) is 0 Å². The van der Waals surface area contributed by atoms with Crippen molar-refractivity contribution in [2.24, 2.45) is 5.92 Å². The van der Waals surface area contributed by atoms with Crippen LogP contribution >= 0.6 is 11.8 Å². The van der Waals surface area contributed by atoms with E-state index in [9.17, 15) is 14.9 Å². The monoisotopic (exact) mass is 439 g/mol. The van der Waals surface area contributed by atoms with Gasteiger partial charge in [0.1, 0.15) is 5.82 Å².